The molecule has 1 atom stereocenters. The first kappa shape index (κ1) is 22.4. The van der Waals surface area contributed by atoms with Crippen LogP contribution in [-0.2, 0) is 19.6 Å². The zero-order valence-electron chi connectivity index (χ0n) is 16.2. The highest BCUT2D eigenvalue weighted by Gasteiger charge is 2.22. The van der Waals surface area contributed by atoms with Crippen LogP contribution in [0.4, 0.5) is 5.69 Å². The van der Waals surface area contributed by atoms with Gasteiger partial charge in [0.25, 0.3) is 0 Å². The van der Waals surface area contributed by atoms with Gasteiger partial charge in [0.2, 0.25) is 15.9 Å². The summed E-state index contributed by atoms with van der Waals surface area (Å²) in [5.74, 6) is -1.05. The molecule has 0 aliphatic rings. The van der Waals surface area contributed by atoms with Crippen LogP contribution in [0.2, 0.25) is 0 Å². The molecule has 0 saturated heterocycles. The first-order valence-corrected chi connectivity index (χ1v) is 10.5. The molecule has 0 heterocycles. The Bertz CT molecular complexity index is 940. The van der Waals surface area contributed by atoms with Gasteiger partial charge in [0, 0.05) is 25.0 Å². The molecule has 0 bridgehead atoms. The molecule has 0 radical (unpaired) electrons. The molecule has 0 saturated carbocycles. The fourth-order valence-corrected chi connectivity index (χ4v) is 3.81. The third-order valence-corrected chi connectivity index (χ3v) is 5.40. The summed E-state index contributed by atoms with van der Waals surface area (Å²) in [5, 5.41) is 13.7. The molecule has 29 heavy (non-hydrogen) atoms. The Balaban J connectivity index is 2.21. The van der Waals surface area contributed by atoms with Crippen LogP contribution in [0.25, 0.3) is 0 Å². The maximum absolute atomic E-state index is 12.7. The Labute approximate surface area is 169 Å². The molecule has 2 aromatic carbocycles. The first-order valence-electron chi connectivity index (χ1n) is 9.04. The molecule has 0 aliphatic heterocycles. The number of nitrogens with one attached hydrogen (secondary N) is 2. The molecule has 156 valence electrons. The van der Waals surface area contributed by atoms with E-state index in [1.54, 1.807) is 24.3 Å². The van der Waals surface area contributed by atoms with E-state index in [0.29, 0.717) is 23.6 Å². The smallest absolute Gasteiger partial charge is 0.241 e. The van der Waals surface area contributed by atoms with E-state index >= 15 is 0 Å². The highest BCUT2D eigenvalue weighted by atomic mass is 32.2. The van der Waals surface area contributed by atoms with Gasteiger partial charge in [0.1, 0.15) is 5.75 Å². The number of carboxylic acid groups (broad SMARTS) is 1. The molecule has 0 aliphatic carbocycles. The van der Waals surface area contributed by atoms with Gasteiger partial charge in [-0.1, -0.05) is 19.1 Å². The number of aliphatic carboxylic acids is 1. The number of hydrogen-bond acceptors (Lipinski definition) is 6. The maximum atomic E-state index is 12.7. The fraction of sp³-hybridized carbons (Fsp3) is 0.300. The van der Waals surface area contributed by atoms with Gasteiger partial charge in [0.15, 0.2) is 0 Å². The van der Waals surface area contributed by atoms with Gasteiger partial charge in [-0.15, -0.1) is 0 Å². The summed E-state index contributed by atoms with van der Waals surface area (Å²) in [7, 11) is -4.01. The van der Waals surface area contributed by atoms with Crippen LogP contribution in [0, 0.1) is 0 Å². The number of sulfonamides is 1. The summed E-state index contributed by atoms with van der Waals surface area (Å²) < 4.78 is 33.3. The number of carbonyl (C=O) groups is 2. The summed E-state index contributed by atoms with van der Waals surface area (Å²) in [6, 6.07) is 11.1. The third-order valence-electron chi connectivity index (χ3n) is 3.91. The van der Waals surface area contributed by atoms with Crippen molar-refractivity contribution in [3.05, 3.63) is 54.1 Å². The van der Waals surface area contributed by atoms with E-state index in [4.69, 9.17) is 4.74 Å². The third kappa shape index (κ3) is 6.88. The lowest BCUT2D eigenvalue weighted by molar-refractivity contribution is -0.306. The van der Waals surface area contributed by atoms with Crippen LogP contribution in [-0.4, -0.2) is 26.9 Å². The summed E-state index contributed by atoms with van der Waals surface area (Å²) in [4.78, 5) is 22.2. The van der Waals surface area contributed by atoms with E-state index in [9.17, 15) is 23.1 Å². The topological polar surface area (TPSA) is 125 Å². The Hall–Kier alpha value is -2.91. The zero-order chi connectivity index (χ0) is 21.4. The Morgan fingerprint density at radius 3 is 2.21 bits per heavy atom. The Morgan fingerprint density at radius 1 is 1.07 bits per heavy atom. The number of carbonyl (C=O) groups excluding carboxylic acids is 2. The molecule has 0 fully saturated rings. The van der Waals surface area contributed by atoms with E-state index < -0.39 is 28.5 Å². The van der Waals surface area contributed by atoms with Gasteiger partial charge in [0.05, 0.1) is 17.5 Å². The first-order chi connectivity index (χ1) is 13.7. The van der Waals surface area contributed by atoms with Crippen molar-refractivity contribution in [1.29, 1.82) is 0 Å². The monoisotopic (exact) mass is 419 g/mol. The van der Waals surface area contributed by atoms with Crippen LogP contribution >= 0.6 is 0 Å². The number of anilines is 1. The highest BCUT2D eigenvalue weighted by Crippen LogP contribution is 2.23. The van der Waals surface area contributed by atoms with Crippen molar-refractivity contribution in [3.8, 4) is 5.75 Å². The van der Waals surface area contributed by atoms with Crippen LogP contribution < -0.4 is 19.9 Å². The van der Waals surface area contributed by atoms with Crippen molar-refractivity contribution in [1.82, 2.24) is 4.72 Å². The number of rotatable bonds is 10. The van der Waals surface area contributed by atoms with Gasteiger partial charge >= 0.3 is 0 Å². The van der Waals surface area contributed by atoms with Gasteiger partial charge in [-0.25, -0.2) is 13.1 Å². The van der Waals surface area contributed by atoms with Crippen molar-refractivity contribution >= 4 is 27.6 Å². The summed E-state index contributed by atoms with van der Waals surface area (Å²) in [5.41, 5.74) is 0.918. The molecular formula is C20H23N2O6S-. The summed E-state index contributed by atoms with van der Waals surface area (Å²) >= 11 is 0. The predicted molar refractivity (Wildman–Crippen MR) is 106 cm³/mol. The van der Waals surface area contributed by atoms with Crippen molar-refractivity contribution < 1.29 is 27.9 Å². The van der Waals surface area contributed by atoms with Crippen LogP contribution in [0.3, 0.4) is 0 Å². The quantitative estimate of drug-likeness (QED) is 0.603. The zero-order valence-corrected chi connectivity index (χ0v) is 17.0. The molecule has 8 nitrogen and oxygen atoms in total. The lowest BCUT2D eigenvalue weighted by atomic mass is 10.0. The fourth-order valence-electron chi connectivity index (χ4n) is 2.59. The number of carboxylic acids is 1. The molecule has 1 amide bonds. The Morgan fingerprint density at radius 2 is 1.69 bits per heavy atom. The van der Waals surface area contributed by atoms with Gasteiger partial charge < -0.3 is 20.0 Å². The molecule has 9 heteroatoms. The molecule has 0 aromatic heterocycles. The maximum Gasteiger partial charge on any atom is 0.241 e. The number of benzene rings is 2. The van der Waals surface area contributed by atoms with E-state index in [1.165, 1.54) is 31.2 Å². The van der Waals surface area contributed by atoms with E-state index in [2.05, 4.69) is 10.0 Å². The standard InChI is InChI=1S/C20H24N2O6S/c1-3-12-28-17-8-4-15(5-9-17)19(13-20(24)25)22-29(26,27)18-10-6-16(7-11-18)21-14(2)23/h4-11,19,22H,3,12-13H2,1-2H3,(H,21,23)(H,24,25)/p-1/t19-/m0/s1. The predicted octanol–water partition coefficient (Wildman–Crippen LogP) is 1.59. The molecule has 0 spiro atoms. The second-order valence-corrected chi connectivity index (χ2v) is 8.09. The van der Waals surface area contributed by atoms with Crippen molar-refractivity contribution in [2.24, 2.45) is 0 Å². The average Bonchev–Trinajstić information content (AvgIpc) is 2.65. The highest BCUT2D eigenvalue weighted by molar-refractivity contribution is 7.89. The molecule has 2 aromatic rings. The number of amides is 1. The SMILES string of the molecule is CCCOc1ccc([C@H](CC(=O)[O-])NS(=O)(=O)c2ccc(NC(C)=O)cc2)cc1. The van der Waals surface area contributed by atoms with Gasteiger partial charge in [-0.05, 0) is 48.4 Å². The van der Waals surface area contributed by atoms with Crippen molar-refractivity contribution in [2.75, 3.05) is 11.9 Å². The van der Waals surface area contributed by atoms with E-state index in [0.717, 1.165) is 6.42 Å². The summed E-state index contributed by atoms with van der Waals surface area (Å²) in [6.45, 7) is 3.86. The largest absolute Gasteiger partial charge is 0.550 e. The minimum Gasteiger partial charge on any atom is -0.550 e. The van der Waals surface area contributed by atoms with Gasteiger partial charge in [-0.3, -0.25) is 4.79 Å². The van der Waals surface area contributed by atoms with E-state index in [-0.39, 0.29) is 10.8 Å². The Kier molecular flexibility index (Phi) is 7.74. The molecule has 2 rings (SSSR count). The second kappa shape index (κ2) is 10.0. The van der Waals surface area contributed by atoms with Crippen LogP contribution in [0.15, 0.2) is 53.4 Å². The molecule has 2 N–H and O–H groups in total. The average molecular weight is 419 g/mol. The van der Waals surface area contributed by atoms with Crippen molar-refractivity contribution in [3.63, 3.8) is 0 Å². The minimum absolute atomic E-state index is 0.0575. The summed E-state index contributed by atoms with van der Waals surface area (Å²) in [6.07, 6.45) is 0.313. The number of ether oxygens (including phenoxy) is 1. The van der Waals surface area contributed by atoms with E-state index in [1.807, 2.05) is 6.92 Å². The normalized spacial score (nSPS) is 12.2. The second-order valence-electron chi connectivity index (χ2n) is 6.37. The van der Waals surface area contributed by atoms with Gasteiger partial charge in [-0.2, -0.15) is 0 Å². The molecule has 0 unspecified atom stereocenters. The van der Waals surface area contributed by atoms with Crippen LogP contribution in [0.5, 0.6) is 5.75 Å². The lowest BCUT2D eigenvalue weighted by Crippen LogP contribution is -2.34. The lowest BCUT2D eigenvalue weighted by Gasteiger charge is -2.20. The van der Waals surface area contributed by atoms with Crippen molar-refractivity contribution in [2.45, 2.75) is 37.6 Å². The minimum atomic E-state index is -4.01. The molecular weight excluding hydrogens is 396 g/mol. The number of hydrogen-bond donors (Lipinski definition) is 2. The van der Waals surface area contributed by atoms with Crippen LogP contribution in [0.1, 0.15) is 38.3 Å².